The van der Waals surface area contributed by atoms with E-state index in [0.717, 1.165) is 6.20 Å². The van der Waals surface area contributed by atoms with E-state index in [9.17, 15) is 31.5 Å². The van der Waals surface area contributed by atoms with Crippen LogP contribution in [-0.4, -0.2) is 41.5 Å². The molecule has 0 aliphatic heterocycles. The minimum absolute atomic E-state index is 0.119. The van der Waals surface area contributed by atoms with Crippen LogP contribution in [0, 0.1) is 0 Å². The van der Waals surface area contributed by atoms with E-state index in [1.165, 1.54) is 0 Å². The first-order chi connectivity index (χ1) is 11.6. The summed E-state index contributed by atoms with van der Waals surface area (Å²) in [6.07, 6.45) is -3.25. The molecule has 11 heteroatoms. The quantitative estimate of drug-likeness (QED) is 0.760. The van der Waals surface area contributed by atoms with Crippen molar-refractivity contribution in [2.45, 2.75) is 30.1 Å². The van der Waals surface area contributed by atoms with Crippen molar-refractivity contribution >= 4 is 16.0 Å². The summed E-state index contributed by atoms with van der Waals surface area (Å²) < 4.78 is 63.7. The molecule has 0 amide bonds. The molecule has 0 saturated heterocycles. The molecule has 0 bridgehead atoms. The van der Waals surface area contributed by atoms with E-state index < -0.39 is 39.7 Å². The highest BCUT2D eigenvalue weighted by atomic mass is 32.2. The zero-order valence-corrected chi connectivity index (χ0v) is 13.5. The second kappa shape index (κ2) is 7.23. The van der Waals surface area contributed by atoms with Crippen molar-refractivity contribution in [2.24, 2.45) is 0 Å². The number of carboxylic acid groups (broad SMARTS) is 1. The molecule has 136 valence electrons. The Morgan fingerprint density at radius 1 is 1.28 bits per heavy atom. The van der Waals surface area contributed by atoms with Crippen molar-refractivity contribution in [3.05, 3.63) is 48.3 Å². The number of carboxylic acids is 1. The van der Waals surface area contributed by atoms with E-state index in [2.05, 4.69) is 5.10 Å². The first-order valence-corrected chi connectivity index (χ1v) is 8.43. The van der Waals surface area contributed by atoms with Gasteiger partial charge in [-0.25, -0.2) is 8.42 Å². The second-order valence-electron chi connectivity index (χ2n) is 5.19. The standard InChI is InChI=1S/C14H14F3N3O4S/c15-14(16,17)9-20-8-11(7-18-20)25(23,24)19-12(13(21)22)6-10-4-2-1-3-5-10/h1-5,7-8,12,19H,6,9H2,(H,21,22)/t12-/m1/s1. The smallest absolute Gasteiger partial charge is 0.408 e. The highest BCUT2D eigenvalue weighted by Crippen LogP contribution is 2.18. The van der Waals surface area contributed by atoms with Gasteiger partial charge in [0.25, 0.3) is 0 Å². The van der Waals surface area contributed by atoms with Gasteiger partial charge < -0.3 is 5.11 Å². The molecule has 0 saturated carbocycles. The zero-order valence-electron chi connectivity index (χ0n) is 12.6. The molecule has 0 aliphatic carbocycles. The minimum atomic E-state index is -4.56. The number of aromatic nitrogens is 2. The maximum Gasteiger partial charge on any atom is 0.408 e. The van der Waals surface area contributed by atoms with Crippen LogP contribution in [0.2, 0.25) is 0 Å². The number of hydrogen-bond donors (Lipinski definition) is 2. The van der Waals surface area contributed by atoms with E-state index in [0.29, 0.717) is 16.4 Å². The van der Waals surface area contributed by atoms with Crippen LogP contribution < -0.4 is 4.72 Å². The van der Waals surface area contributed by atoms with Crippen LogP contribution in [0.1, 0.15) is 5.56 Å². The van der Waals surface area contributed by atoms with Gasteiger partial charge in [0.1, 0.15) is 17.5 Å². The average molecular weight is 377 g/mol. The Hall–Kier alpha value is -2.40. The Bertz CT molecular complexity index is 835. The molecule has 0 radical (unpaired) electrons. The molecule has 0 unspecified atom stereocenters. The van der Waals surface area contributed by atoms with Crippen LogP contribution in [0.25, 0.3) is 0 Å². The number of benzene rings is 1. The first kappa shape index (κ1) is 18.9. The molecule has 0 aliphatic rings. The average Bonchev–Trinajstić information content (AvgIpc) is 2.94. The minimum Gasteiger partial charge on any atom is -0.480 e. The molecule has 0 fully saturated rings. The van der Waals surface area contributed by atoms with Crippen LogP contribution in [-0.2, 0) is 27.8 Å². The number of nitrogens with zero attached hydrogens (tertiary/aromatic N) is 2. The van der Waals surface area contributed by atoms with Gasteiger partial charge in [-0.2, -0.15) is 23.0 Å². The molecule has 25 heavy (non-hydrogen) atoms. The van der Waals surface area contributed by atoms with Crippen molar-refractivity contribution in [2.75, 3.05) is 0 Å². The summed E-state index contributed by atoms with van der Waals surface area (Å²) in [4.78, 5) is 10.8. The van der Waals surface area contributed by atoms with Gasteiger partial charge in [0.05, 0.1) is 6.20 Å². The van der Waals surface area contributed by atoms with Crippen molar-refractivity contribution in [1.29, 1.82) is 0 Å². The van der Waals surface area contributed by atoms with Crippen molar-refractivity contribution in [3.8, 4) is 0 Å². The van der Waals surface area contributed by atoms with Crippen LogP contribution in [0.5, 0.6) is 0 Å². The first-order valence-electron chi connectivity index (χ1n) is 6.95. The lowest BCUT2D eigenvalue weighted by Gasteiger charge is -2.14. The SMILES string of the molecule is O=C(O)[C@@H](Cc1ccccc1)NS(=O)(=O)c1cnn(CC(F)(F)F)c1. The maximum absolute atomic E-state index is 12.3. The van der Waals surface area contributed by atoms with E-state index in [-0.39, 0.29) is 6.42 Å². The number of alkyl halides is 3. The van der Waals surface area contributed by atoms with E-state index >= 15 is 0 Å². The third kappa shape index (κ3) is 5.57. The molecular formula is C14H14F3N3O4S. The molecule has 0 spiro atoms. The summed E-state index contributed by atoms with van der Waals surface area (Å²) in [5.41, 5.74) is 0.588. The predicted molar refractivity (Wildman–Crippen MR) is 80.2 cm³/mol. The number of sulfonamides is 1. The molecule has 1 atom stereocenters. The Morgan fingerprint density at radius 2 is 1.92 bits per heavy atom. The summed E-state index contributed by atoms with van der Waals surface area (Å²) >= 11 is 0. The maximum atomic E-state index is 12.3. The largest absolute Gasteiger partial charge is 0.480 e. The van der Waals surface area contributed by atoms with Crippen LogP contribution >= 0.6 is 0 Å². The van der Waals surface area contributed by atoms with Crippen molar-refractivity contribution in [3.63, 3.8) is 0 Å². The van der Waals surface area contributed by atoms with Gasteiger partial charge in [0.2, 0.25) is 10.0 Å². The molecule has 1 aromatic carbocycles. The van der Waals surface area contributed by atoms with Gasteiger partial charge >= 0.3 is 12.1 Å². The lowest BCUT2D eigenvalue weighted by atomic mass is 10.1. The van der Waals surface area contributed by atoms with E-state index in [1.807, 2.05) is 4.72 Å². The summed E-state index contributed by atoms with van der Waals surface area (Å²) in [5.74, 6) is -1.41. The zero-order chi connectivity index (χ0) is 18.7. The van der Waals surface area contributed by atoms with Gasteiger partial charge in [-0.15, -0.1) is 0 Å². The molecule has 2 rings (SSSR count). The molecule has 7 nitrogen and oxygen atoms in total. The third-order valence-electron chi connectivity index (χ3n) is 3.14. The van der Waals surface area contributed by atoms with Crippen LogP contribution in [0.4, 0.5) is 13.2 Å². The Balaban J connectivity index is 2.16. The van der Waals surface area contributed by atoms with Gasteiger partial charge in [-0.1, -0.05) is 30.3 Å². The monoisotopic (exact) mass is 377 g/mol. The molecule has 2 aromatic rings. The van der Waals surface area contributed by atoms with Crippen LogP contribution in [0.3, 0.4) is 0 Å². The normalized spacial score (nSPS) is 13.6. The third-order valence-corrected chi connectivity index (χ3v) is 4.57. The molecule has 1 heterocycles. The van der Waals surface area contributed by atoms with Gasteiger partial charge in [0, 0.05) is 6.20 Å². The molecule has 1 aromatic heterocycles. The molecule has 2 N–H and O–H groups in total. The lowest BCUT2D eigenvalue weighted by molar-refractivity contribution is -0.142. The number of rotatable bonds is 7. The van der Waals surface area contributed by atoms with Crippen molar-refractivity contribution < 1.29 is 31.5 Å². The number of carbonyl (C=O) groups is 1. The Labute approximate surface area is 141 Å². The summed E-state index contributed by atoms with van der Waals surface area (Å²) in [7, 11) is -4.34. The van der Waals surface area contributed by atoms with Gasteiger partial charge in [-0.05, 0) is 12.0 Å². The topological polar surface area (TPSA) is 101 Å². The highest BCUT2D eigenvalue weighted by molar-refractivity contribution is 7.89. The summed E-state index contributed by atoms with van der Waals surface area (Å²) in [6.45, 7) is -1.45. The van der Waals surface area contributed by atoms with Crippen LogP contribution in [0.15, 0.2) is 47.6 Å². The Morgan fingerprint density at radius 3 is 2.48 bits per heavy atom. The molecular weight excluding hydrogens is 363 g/mol. The summed E-state index contributed by atoms with van der Waals surface area (Å²) in [5, 5.41) is 12.5. The number of aliphatic carboxylic acids is 1. The van der Waals surface area contributed by atoms with E-state index in [1.54, 1.807) is 30.3 Å². The number of nitrogens with one attached hydrogen (secondary N) is 1. The summed E-state index contributed by atoms with van der Waals surface area (Å²) in [6, 6.07) is 6.85. The fourth-order valence-corrected chi connectivity index (χ4v) is 3.18. The number of halogens is 3. The fourth-order valence-electron chi connectivity index (χ4n) is 2.04. The second-order valence-corrected chi connectivity index (χ2v) is 6.90. The van der Waals surface area contributed by atoms with Gasteiger partial charge in [0.15, 0.2) is 0 Å². The fraction of sp³-hybridized carbons (Fsp3) is 0.286. The lowest BCUT2D eigenvalue weighted by Crippen LogP contribution is -2.42. The van der Waals surface area contributed by atoms with Crippen molar-refractivity contribution in [1.82, 2.24) is 14.5 Å². The van der Waals surface area contributed by atoms with E-state index in [4.69, 9.17) is 0 Å². The highest BCUT2D eigenvalue weighted by Gasteiger charge is 2.30. The predicted octanol–water partition coefficient (Wildman–Crippen LogP) is 1.42. The Kier molecular flexibility index (Phi) is 5.48. The number of hydrogen-bond acceptors (Lipinski definition) is 4. The van der Waals surface area contributed by atoms with Gasteiger partial charge in [-0.3, -0.25) is 9.48 Å².